The molecule has 0 bridgehead atoms. The zero-order chi connectivity index (χ0) is 3.54. The van der Waals surface area contributed by atoms with E-state index in [4.69, 9.17) is 0 Å². The zero-order valence-electron chi connectivity index (χ0n) is 2.89. The molecule has 0 atom stereocenters. The Labute approximate surface area is 42.2 Å². The van der Waals surface area contributed by atoms with E-state index in [0.717, 1.165) is 0 Å². The molecule has 0 aromatic rings. The molecule has 5 heavy (non-hydrogen) atoms. The second-order valence-corrected chi connectivity index (χ2v) is 3.70. The summed E-state index contributed by atoms with van der Waals surface area (Å²) in [6, 6.07) is 0. The van der Waals surface area contributed by atoms with E-state index in [-0.39, 0.29) is 20.9 Å². The van der Waals surface area contributed by atoms with Crippen LogP contribution in [0.4, 0.5) is 0 Å². The van der Waals surface area contributed by atoms with Crippen LogP contribution in [0.5, 0.6) is 0 Å². The molecule has 0 aromatic heterocycles. The summed E-state index contributed by atoms with van der Waals surface area (Å²) in [7, 11) is 0. The van der Waals surface area contributed by atoms with Crippen LogP contribution in [0.1, 0.15) is 0 Å². The molecule has 0 amide bonds. The monoisotopic (exact) mass is 172 g/mol. The van der Waals surface area contributed by atoms with Gasteiger partial charge < -0.3 is 0 Å². The van der Waals surface area contributed by atoms with Gasteiger partial charge in [0, 0.05) is 0 Å². The molecule has 0 N–H and O–H groups in total. The van der Waals surface area contributed by atoms with Crippen LogP contribution in [-0.2, 0) is 0 Å². The molecule has 1 rings (SSSR count). The predicted molar refractivity (Wildman–Crippen MR) is 25.5 cm³/mol. The van der Waals surface area contributed by atoms with Gasteiger partial charge in [-0.25, -0.2) is 0 Å². The molecule has 0 nitrogen and oxygen atoms in total. The molecule has 1 aliphatic heterocycles. The summed E-state index contributed by atoms with van der Waals surface area (Å²) in [6.07, 6.45) is 3.51. The first kappa shape index (κ1) is 3.80. The van der Waals surface area contributed by atoms with Crippen LogP contribution in [0.2, 0.25) is 6.32 Å². The second-order valence-electron chi connectivity index (χ2n) is 0.952. The van der Waals surface area contributed by atoms with Crippen molar-refractivity contribution in [2.24, 2.45) is 0 Å². The van der Waals surface area contributed by atoms with Crippen molar-refractivity contribution >= 4 is 25.5 Å². The zero-order valence-corrected chi connectivity index (χ0v) is 5.44. The standard InChI is InChI=1S/C3H4B.Sb/c1-2-3-4;/h1-2H,3H2;. The van der Waals surface area contributed by atoms with Gasteiger partial charge >= 0.3 is 42.0 Å². The number of hydrogen-bond acceptors (Lipinski definition) is 0. The predicted octanol–water partition coefficient (Wildman–Crippen LogP) is 0.255. The van der Waals surface area contributed by atoms with E-state index < -0.39 is 0 Å². The van der Waals surface area contributed by atoms with Gasteiger partial charge in [-0.3, -0.25) is 0 Å². The maximum atomic E-state index is 2.40. The van der Waals surface area contributed by atoms with Crippen molar-refractivity contribution in [3.05, 3.63) is 10.1 Å². The first-order chi connectivity index (χ1) is 2.50. The molecular formula is C3H4BSb. The molecule has 0 radical (unpaired) electrons. The third-order valence-electron chi connectivity index (χ3n) is 0.538. The Bertz CT molecular complexity index is 65.0. The normalized spacial score (nSPS) is 16.0. The Morgan fingerprint density at radius 2 is 2.80 bits per heavy atom. The van der Waals surface area contributed by atoms with Crippen molar-refractivity contribution in [3.8, 4) is 0 Å². The van der Waals surface area contributed by atoms with Crippen molar-refractivity contribution in [2.75, 3.05) is 0 Å². The number of rotatable bonds is 0. The van der Waals surface area contributed by atoms with Crippen molar-refractivity contribution in [1.29, 1.82) is 0 Å². The Hall–Kier alpha value is 0.623. The minimum absolute atomic E-state index is 0.161. The van der Waals surface area contributed by atoms with Gasteiger partial charge in [0.05, 0.1) is 0 Å². The van der Waals surface area contributed by atoms with Gasteiger partial charge in [0.2, 0.25) is 0 Å². The average molecular weight is 173 g/mol. The van der Waals surface area contributed by atoms with Crippen LogP contribution in [0.15, 0.2) is 10.1 Å². The van der Waals surface area contributed by atoms with Gasteiger partial charge in [0.15, 0.2) is 0 Å². The van der Waals surface area contributed by atoms with Crippen LogP contribution in [0.25, 0.3) is 0 Å². The van der Waals surface area contributed by atoms with Gasteiger partial charge in [0.25, 0.3) is 0 Å². The van der Waals surface area contributed by atoms with Crippen LogP contribution >= 0.6 is 0 Å². The van der Waals surface area contributed by atoms with E-state index in [1.807, 2.05) is 0 Å². The van der Waals surface area contributed by atoms with E-state index in [2.05, 4.69) is 14.7 Å². The van der Waals surface area contributed by atoms with Crippen LogP contribution in [0.3, 0.4) is 0 Å². The first-order valence-electron chi connectivity index (χ1n) is 1.67. The van der Waals surface area contributed by atoms with Gasteiger partial charge in [-0.05, 0) is 0 Å². The van der Waals surface area contributed by atoms with Crippen LogP contribution in [-0.4, -0.2) is 25.5 Å². The molecule has 0 saturated heterocycles. The molecular weight excluding hydrogens is 169 g/mol. The Balaban J connectivity index is 2.61. The summed E-state index contributed by atoms with van der Waals surface area (Å²) in [5, 5.41) is 0. The fraction of sp³-hybridized carbons (Fsp3) is 0.333. The van der Waals surface area contributed by atoms with Crippen molar-refractivity contribution in [3.63, 3.8) is 0 Å². The summed E-state index contributed by atoms with van der Waals surface area (Å²) in [6.45, 7) is 0. The van der Waals surface area contributed by atoms with Crippen molar-refractivity contribution in [2.45, 2.75) is 6.32 Å². The van der Waals surface area contributed by atoms with E-state index in [1.54, 1.807) is 0 Å². The fourth-order valence-corrected chi connectivity index (χ4v) is 2.04. The van der Waals surface area contributed by atoms with Crippen LogP contribution in [0, 0.1) is 0 Å². The summed E-state index contributed by atoms with van der Waals surface area (Å²) >= 11 is 0.161. The fourth-order valence-electron chi connectivity index (χ4n) is 0.304. The summed E-state index contributed by atoms with van der Waals surface area (Å²) in [5.41, 5.74) is 0. The maximum absolute atomic E-state index is 2.40. The third kappa shape index (κ3) is 1.01. The summed E-state index contributed by atoms with van der Waals surface area (Å²) in [5.74, 6) is 0. The second kappa shape index (κ2) is 1.92. The molecule has 1 heterocycles. The Kier molecular flexibility index (Phi) is 1.46. The van der Waals surface area contributed by atoms with E-state index >= 15 is 0 Å². The van der Waals surface area contributed by atoms with Gasteiger partial charge in [-0.2, -0.15) is 0 Å². The van der Waals surface area contributed by atoms with Gasteiger partial charge in [-0.1, -0.05) is 0 Å². The molecule has 0 aliphatic carbocycles. The van der Waals surface area contributed by atoms with Crippen molar-refractivity contribution < 1.29 is 0 Å². The molecule has 0 aromatic carbocycles. The molecule has 0 saturated carbocycles. The average Bonchev–Trinajstić information content (AvgIpc) is 1.76. The number of allylic oxidation sites excluding steroid dienone is 1. The Morgan fingerprint density at radius 3 is 3.00 bits per heavy atom. The molecule has 1 aliphatic rings. The topological polar surface area (TPSA) is 0 Å². The van der Waals surface area contributed by atoms with E-state index in [0.29, 0.717) is 0 Å². The third-order valence-corrected chi connectivity index (χ3v) is 2.83. The van der Waals surface area contributed by atoms with Crippen molar-refractivity contribution in [1.82, 2.24) is 0 Å². The minimum atomic E-state index is 0.161. The molecule has 0 unspecified atom stereocenters. The van der Waals surface area contributed by atoms with Crippen LogP contribution < -0.4 is 0 Å². The first-order valence-corrected chi connectivity index (χ1v) is 4.61. The van der Waals surface area contributed by atoms with Gasteiger partial charge in [0.1, 0.15) is 0 Å². The van der Waals surface area contributed by atoms with E-state index in [9.17, 15) is 0 Å². The number of hydrogen-bond donors (Lipinski definition) is 0. The molecule has 0 spiro atoms. The summed E-state index contributed by atoms with van der Waals surface area (Å²) < 4.78 is 4.73. The van der Waals surface area contributed by atoms with Gasteiger partial charge in [-0.15, -0.1) is 0 Å². The quantitative estimate of drug-likeness (QED) is 0.460. The van der Waals surface area contributed by atoms with E-state index in [1.165, 1.54) is 6.32 Å². The summed E-state index contributed by atoms with van der Waals surface area (Å²) in [4.78, 5) is 0. The molecule has 0 fully saturated rings. The Morgan fingerprint density at radius 1 is 1.80 bits per heavy atom. The molecule has 24 valence electrons. The molecule has 2 heteroatoms. The SMILES string of the molecule is [B]1=[Sb][CH]=CC1.